The molecule has 1 unspecified atom stereocenters. The highest BCUT2D eigenvalue weighted by Crippen LogP contribution is 2.41. The minimum atomic E-state index is -2.51. The van der Waals surface area contributed by atoms with Gasteiger partial charge in [0.1, 0.15) is 5.75 Å². The fourth-order valence-electron chi connectivity index (χ4n) is 2.84. The lowest BCUT2D eigenvalue weighted by atomic mass is 9.80. The summed E-state index contributed by atoms with van der Waals surface area (Å²) in [6.07, 6.45) is 0.893. The lowest BCUT2D eigenvalue weighted by molar-refractivity contribution is -0.0497. The Morgan fingerprint density at radius 3 is 2.40 bits per heavy atom. The maximum Gasteiger partial charge on any atom is 0.248 e. The first-order valence-electron chi connectivity index (χ1n) is 7.12. The largest absolute Gasteiger partial charge is 0.494 e. The molecule has 1 aromatic carbocycles. The van der Waals surface area contributed by atoms with Crippen molar-refractivity contribution < 1.29 is 13.5 Å². The van der Waals surface area contributed by atoms with E-state index >= 15 is 0 Å². The van der Waals surface area contributed by atoms with Gasteiger partial charge in [-0.3, -0.25) is 11.3 Å². The van der Waals surface area contributed by atoms with Crippen LogP contribution in [0.3, 0.4) is 0 Å². The van der Waals surface area contributed by atoms with E-state index in [2.05, 4.69) is 5.43 Å². The van der Waals surface area contributed by atoms with E-state index in [0.717, 1.165) is 11.3 Å². The monoisotopic (exact) mass is 284 g/mol. The van der Waals surface area contributed by atoms with Crippen LogP contribution in [0.2, 0.25) is 0 Å². The summed E-state index contributed by atoms with van der Waals surface area (Å²) < 4.78 is 31.8. The SMILES string of the molecule is CCOc1ccc(C(NN)C2CCC(F)(F)CC2)cc1. The first-order valence-corrected chi connectivity index (χ1v) is 7.12. The molecule has 0 aliphatic heterocycles. The van der Waals surface area contributed by atoms with E-state index in [0.29, 0.717) is 19.4 Å². The standard InChI is InChI=1S/C15H22F2N2O/c1-2-20-13-5-3-11(4-6-13)14(19-18)12-7-9-15(16,17)10-8-12/h3-6,12,14,19H,2,7-10,18H2,1H3. The molecule has 0 saturated heterocycles. The minimum absolute atomic E-state index is 0.0487. The molecule has 3 nitrogen and oxygen atoms in total. The molecule has 0 amide bonds. The van der Waals surface area contributed by atoms with Gasteiger partial charge in [0.2, 0.25) is 5.92 Å². The van der Waals surface area contributed by atoms with E-state index in [4.69, 9.17) is 10.6 Å². The lowest BCUT2D eigenvalue weighted by Gasteiger charge is -2.33. The minimum Gasteiger partial charge on any atom is -0.494 e. The van der Waals surface area contributed by atoms with Gasteiger partial charge in [-0.1, -0.05) is 12.1 Å². The second kappa shape index (κ2) is 6.50. The van der Waals surface area contributed by atoms with Crippen molar-refractivity contribution in [1.82, 2.24) is 5.43 Å². The average Bonchev–Trinajstić information content (AvgIpc) is 2.43. The third-order valence-electron chi connectivity index (χ3n) is 3.96. The number of alkyl halides is 2. The van der Waals surface area contributed by atoms with Gasteiger partial charge in [0.15, 0.2) is 0 Å². The first-order chi connectivity index (χ1) is 9.55. The zero-order chi connectivity index (χ0) is 14.6. The number of hydrogen-bond acceptors (Lipinski definition) is 3. The van der Waals surface area contributed by atoms with E-state index in [1.165, 1.54) is 0 Å². The van der Waals surface area contributed by atoms with Crippen LogP contribution < -0.4 is 16.0 Å². The molecule has 5 heteroatoms. The molecule has 112 valence electrons. The molecule has 1 aliphatic rings. The number of hydrazine groups is 1. The van der Waals surface area contributed by atoms with Crippen LogP contribution in [0.4, 0.5) is 8.78 Å². The van der Waals surface area contributed by atoms with Gasteiger partial charge in [0, 0.05) is 18.9 Å². The van der Waals surface area contributed by atoms with E-state index < -0.39 is 5.92 Å². The molecule has 1 aromatic rings. The van der Waals surface area contributed by atoms with Gasteiger partial charge in [-0.05, 0) is 43.4 Å². The molecule has 1 aliphatic carbocycles. The van der Waals surface area contributed by atoms with Crippen molar-refractivity contribution in [2.24, 2.45) is 11.8 Å². The van der Waals surface area contributed by atoms with Crippen LogP contribution in [0.15, 0.2) is 24.3 Å². The van der Waals surface area contributed by atoms with E-state index in [-0.39, 0.29) is 24.8 Å². The Kier molecular flexibility index (Phi) is 4.94. The molecule has 1 atom stereocenters. The third kappa shape index (κ3) is 3.67. The Bertz CT molecular complexity index is 412. The molecule has 2 rings (SSSR count). The Balaban J connectivity index is 2.04. The Labute approximate surface area is 118 Å². The van der Waals surface area contributed by atoms with Crippen molar-refractivity contribution in [1.29, 1.82) is 0 Å². The quantitative estimate of drug-likeness (QED) is 0.643. The molecule has 1 saturated carbocycles. The molecule has 0 radical (unpaired) electrons. The summed E-state index contributed by atoms with van der Waals surface area (Å²) in [6.45, 7) is 2.55. The van der Waals surface area contributed by atoms with Crippen molar-refractivity contribution in [3.05, 3.63) is 29.8 Å². The van der Waals surface area contributed by atoms with E-state index in [9.17, 15) is 8.78 Å². The molecule has 0 heterocycles. The molecule has 0 aromatic heterocycles. The summed E-state index contributed by atoms with van der Waals surface area (Å²) in [5.41, 5.74) is 3.80. The lowest BCUT2D eigenvalue weighted by Crippen LogP contribution is -2.37. The van der Waals surface area contributed by atoms with Crippen LogP contribution in [-0.2, 0) is 0 Å². The van der Waals surface area contributed by atoms with Crippen LogP contribution in [0, 0.1) is 5.92 Å². The van der Waals surface area contributed by atoms with Crippen LogP contribution >= 0.6 is 0 Å². The molecule has 0 spiro atoms. The fraction of sp³-hybridized carbons (Fsp3) is 0.600. The smallest absolute Gasteiger partial charge is 0.248 e. The number of halogens is 2. The predicted molar refractivity (Wildman–Crippen MR) is 74.6 cm³/mol. The molecule has 20 heavy (non-hydrogen) atoms. The van der Waals surface area contributed by atoms with Gasteiger partial charge in [0.05, 0.1) is 6.61 Å². The van der Waals surface area contributed by atoms with Gasteiger partial charge in [-0.2, -0.15) is 0 Å². The van der Waals surface area contributed by atoms with E-state index in [1.54, 1.807) is 0 Å². The van der Waals surface area contributed by atoms with Crippen LogP contribution in [0.5, 0.6) is 5.75 Å². The summed E-state index contributed by atoms with van der Waals surface area (Å²) in [7, 11) is 0. The molecule has 0 bridgehead atoms. The van der Waals surface area contributed by atoms with Gasteiger partial charge in [0.25, 0.3) is 0 Å². The fourth-order valence-corrected chi connectivity index (χ4v) is 2.84. The summed E-state index contributed by atoms with van der Waals surface area (Å²) >= 11 is 0. The highest BCUT2D eigenvalue weighted by molar-refractivity contribution is 5.29. The zero-order valence-corrected chi connectivity index (χ0v) is 11.7. The number of benzene rings is 1. The number of nitrogens with one attached hydrogen (secondary N) is 1. The van der Waals surface area contributed by atoms with Crippen molar-refractivity contribution in [3.63, 3.8) is 0 Å². The van der Waals surface area contributed by atoms with Crippen molar-refractivity contribution in [2.75, 3.05) is 6.61 Å². The van der Waals surface area contributed by atoms with Gasteiger partial charge < -0.3 is 4.74 Å². The first kappa shape index (κ1) is 15.2. The number of hydrogen-bond donors (Lipinski definition) is 2. The van der Waals surface area contributed by atoms with Gasteiger partial charge >= 0.3 is 0 Å². The maximum atomic E-state index is 13.2. The van der Waals surface area contributed by atoms with Gasteiger partial charge in [-0.25, -0.2) is 8.78 Å². The maximum absolute atomic E-state index is 13.2. The Morgan fingerprint density at radius 2 is 1.90 bits per heavy atom. The third-order valence-corrected chi connectivity index (χ3v) is 3.96. The molecule has 1 fully saturated rings. The number of rotatable bonds is 5. The highest BCUT2D eigenvalue weighted by Gasteiger charge is 2.37. The summed E-state index contributed by atoms with van der Waals surface area (Å²) in [6, 6.07) is 7.59. The van der Waals surface area contributed by atoms with Crippen molar-refractivity contribution >= 4 is 0 Å². The number of nitrogens with two attached hydrogens (primary N) is 1. The van der Waals surface area contributed by atoms with E-state index in [1.807, 2.05) is 31.2 Å². The van der Waals surface area contributed by atoms with Crippen LogP contribution in [0.25, 0.3) is 0 Å². The Hall–Kier alpha value is -1.20. The topological polar surface area (TPSA) is 47.3 Å². The second-order valence-electron chi connectivity index (χ2n) is 5.34. The average molecular weight is 284 g/mol. The predicted octanol–water partition coefficient (Wildman–Crippen LogP) is 3.42. The summed E-state index contributed by atoms with van der Waals surface area (Å²) in [5.74, 6) is 4.08. The summed E-state index contributed by atoms with van der Waals surface area (Å²) in [5, 5.41) is 0. The normalized spacial score (nSPS) is 20.6. The van der Waals surface area contributed by atoms with Crippen LogP contribution in [-0.4, -0.2) is 12.5 Å². The molecule has 3 N–H and O–H groups in total. The van der Waals surface area contributed by atoms with Crippen molar-refractivity contribution in [3.8, 4) is 5.75 Å². The molecular weight excluding hydrogens is 262 g/mol. The molecular formula is C15H22F2N2O. The Morgan fingerprint density at radius 1 is 1.30 bits per heavy atom. The van der Waals surface area contributed by atoms with Crippen molar-refractivity contribution in [2.45, 2.75) is 44.6 Å². The highest BCUT2D eigenvalue weighted by atomic mass is 19.3. The summed E-state index contributed by atoms with van der Waals surface area (Å²) in [4.78, 5) is 0. The zero-order valence-electron chi connectivity index (χ0n) is 11.7. The second-order valence-corrected chi connectivity index (χ2v) is 5.34. The number of ether oxygens (including phenoxy) is 1. The van der Waals surface area contributed by atoms with Gasteiger partial charge in [-0.15, -0.1) is 0 Å². The van der Waals surface area contributed by atoms with Crippen LogP contribution in [0.1, 0.15) is 44.2 Å².